The van der Waals surface area contributed by atoms with E-state index in [-0.39, 0.29) is 5.69 Å². The monoisotopic (exact) mass is 318 g/mol. The molecule has 0 unspecified atom stereocenters. The van der Waals surface area contributed by atoms with Crippen LogP contribution in [0.5, 0.6) is 0 Å². The Labute approximate surface area is 140 Å². The molecule has 0 spiro atoms. The summed E-state index contributed by atoms with van der Waals surface area (Å²) in [6.45, 7) is 0. The normalized spacial score (nSPS) is 13.5. The molecule has 1 aliphatic rings. The van der Waals surface area contributed by atoms with Gasteiger partial charge >= 0.3 is 5.97 Å². The van der Waals surface area contributed by atoms with Crippen molar-refractivity contribution in [3.63, 3.8) is 0 Å². The molecule has 120 valence electrons. The molecule has 1 N–H and O–H groups in total. The molecule has 4 rings (SSSR count). The van der Waals surface area contributed by atoms with E-state index in [1.54, 1.807) is 12.3 Å². The van der Waals surface area contributed by atoms with E-state index in [0.29, 0.717) is 0 Å². The highest BCUT2D eigenvalue weighted by atomic mass is 16.4. The number of benzene rings is 1. The van der Waals surface area contributed by atoms with E-state index < -0.39 is 5.97 Å². The second-order valence-corrected chi connectivity index (χ2v) is 6.11. The molecular weight excluding hydrogens is 300 g/mol. The second-order valence-electron chi connectivity index (χ2n) is 6.11. The van der Waals surface area contributed by atoms with Crippen molar-refractivity contribution in [3.05, 3.63) is 71.7 Å². The van der Waals surface area contributed by atoms with Crippen LogP contribution in [-0.2, 0) is 12.8 Å². The van der Waals surface area contributed by atoms with Gasteiger partial charge in [-0.3, -0.25) is 0 Å². The number of carboxylic acids is 1. The van der Waals surface area contributed by atoms with Gasteiger partial charge in [-0.1, -0.05) is 30.3 Å². The number of aromatic nitrogens is 2. The van der Waals surface area contributed by atoms with E-state index in [0.717, 1.165) is 29.8 Å². The first kappa shape index (κ1) is 14.7. The molecule has 4 heteroatoms. The number of aromatic carboxylic acids is 1. The van der Waals surface area contributed by atoms with Crippen molar-refractivity contribution in [3.8, 4) is 16.9 Å². The van der Waals surface area contributed by atoms with Crippen LogP contribution in [-0.4, -0.2) is 20.6 Å². The summed E-state index contributed by atoms with van der Waals surface area (Å²) >= 11 is 0. The molecule has 0 atom stereocenters. The lowest BCUT2D eigenvalue weighted by atomic mass is 9.98. The number of aryl methyl sites for hydroxylation is 1. The fraction of sp³-hybridized carbons (Fsp3) is 0.200. The van der Waals surface area contributed by atoms with Crippen molar-refractivity contribution in [1.82, 2.24) is 9.55 Å². The van der Waals surface area contributed by atoms with Crippen molar-refractivity contribution in [1.29, 1.82) is 0 Å². The molecule has 0 amide bonds. The summed E-state index contributed by atoms with van der Waals surface area (Å²) in [7, 11) is 0. The summed E-state index contributed by atoms with van der Waals surface area (Å²) in [6.07, 6.45) is 6.05. The minimum absolute atomic E-state index is 0.0739. The maximum Gasteiger partial charge on any atom is 0.354 e. The summed E-state index contributed by atoms with van der Waals surface area (Å²) in [5, 5.41) is 9.26. The van der Waals surface area contributed by atoms with Crippen molar-refractivity contribution in [2.24, 2.45) is 0 Å². The smallest absolute Gasteiger partial charge is 0.354 e. The number of hydrogen-bond acceptors (Lipinski definition) is 2. The number of carbonyl (C=O) groups is 1. The Morgan fingerprint density at radius 3 is 2.62 bits per heavy atom. The number of carboxylic acid groups (broad SMARTS) is 1. The molecule has 0 radical (unpaired) electrons. The van der Waals surface area contributed by atoms with Gasteiger partial charge in [0.25, 0.3) is 0 Å². The summed E-state index contributed by atoms with van der Waals surface area (Å²) in [6, 6.07) is 16.0. The van der Waals surface area contributed by atoms with E-state index in [4.69, 9.17) is 0 Å². The van der Waals surface area contributed by atoms with Crippen LogP contribution < -0.4 is 0 Å². The number of rotatable bonds is 3. The first-order valence-electron chi connectivity index (χ1n) is 8.22. The molecule has 0 bridgehead atoms. The molecule has 2 heterocycles. The fourth-order valence-corrected chi connectivity index (χ4v) is 3.49. The predicted octanol–water partition coefficient (Wildman–Crippen LogP) is 4.12. The summed E-state index contributed by atoms with van der Waals surface area (Å²) in [4.78, 5) is 15.2. The third-order valence-electron chi connectivity index (χ3n) is 4.59. The van der Waals surface area contributed by atoms with E-state index in [1.165, 1.54) is 24.1 Å². The highest BCUT2D eigenvalue weighted by Crippen LogP contribution is 2.33. The number of nitrogens with zero attached hydrogens (tertiary/aromatic N) is 2. The summed E-state index contributed by atoms with van der Waals surface area (Å²) in [5.41, 5.74) is 5.86. The van der Waals surface area contributed by atoms with Crippen LogP contribution in [0.25, 0.3) is 16.9 Å². The minimum atomic E-state index is -1.00. The Morgan fingerprint density at radius 1 is 1.04 bits per heavy atom. The number of fused-ring (bicyclic) bond motifs is 1. The molecule has 0 saturated carbocycles. The van der Waals surface area contributed by atoms with Gasteiger partial charge in [-0.05, 0) is 55.0 Å². The van der Waals surface area contributed by atoms with Crippen molar-refractivity contribution < 1.29 is 9.90 Å². The SMILES string of the molecule is O=C(O)c1cc(-n2c(-c3ccccc3)cc3c2CCCC3)ccn1. The average Bonchev–Trinajstić information content (AvgIpc) is 3.02. The molecule has 0 fully saturated rings. The van der Waals surface area contributed by atoms with Gasteiger partial charge in [0.1, 0.15) is 5.69 Å². The molecule has 1 aliphatic carbocycles. The van der Waals surface area contributed by atoms with E-state index in [9.17, 15) is 9.90 Å². The van der Waals surface area contributed by atoms with Gasteiger partial charge in [-0.15, -0.1) is 0 Å². The molecule has 0 saturated heterocycles. The highest BCUT2D eigenvalue weighted by Gasteiger charge is 2.20. The molecular formula is C20H18N2O2. The molecule has 24 heavy (non-hydrogen) atoms. The molecule has 4 nitrogen and oxygen atoms in total. The van der Waals surface area contributed by atoms with E-state index >= 15 is 0 Å². The number of pyridine rings is 1. The van der Waals surface area contributed by atoms with Gasteiger partial charge in [-0.25, -0.2) is 9.78 Å². The van der Waals surface area contributed by atoms with Crippen molar-refractivity contribution >= 4 is 5.97 Å². The van der Waals surface area contributed by atoms with Crippen LogP contribution >= 0.6 is 0 Å². The lowest BCUT2D eigenvalue weighted by Gasteiger charge is -2.17. The maximum absolute atomic E-state index is 11.3. The first-order valence-corrected chi connectivity index (χ1v) is 8.22. The summed E-state index contributed by atoms with van der Waals surface area (Å²) < 4.78 is 2.21. The van der Waals surface area contributed by atoms with Crippen LogP contribution in [0.4, 0.5) is 0 Å². The lowest BCUT2D eigenvalue weighted by Crippen LogP contribution is -2.09. The Bertz CT molecular complexity index is 897. The lowest BCUT2D eigenvalue weighted by molar-refractivity contribution is 0.0690. The zero-order valence-electron chi connectivity index (χ0n) is 13.3. The van der Waals surface area contributed by atoms with Gasteiger partial charge in [0.15, 0.2) is 0 Å². The number of hydrogen-bond donors (Lipinski definition) is 1. The van der Waals surface area contributed by atoms with Crippen LogP contribution in [0, 0.1) is 0 Å². The highest BCUT2D eigenvalue weighted by molar-refractivity contribution is 5.86. The largest absolute Gasteiger partial charge is 0.477 e. The Hall–Kier alpha value is -2.88. The predicted molar refractivity (Wildman–Crippen MR) is 92.6 cm³/mol. The topological polar surface area (TPSA) is 55.1 Å². The van der Waals surface area contributed by atoms with Crippen LogP contribution in [0.1, 0.15) is 34.6 Å². The molecule has 3 aromatic rings. The standard InChI is InChI=1S/C20H18N2O2/c23-20(24)17-13-16(10-11-21-17)22-18-9-5-4-8-15(18)12-19(22)14-6-2-1-3-7-14/h1-3,6-7,10-13H,4-5,8-9H2,(H,23,24). The van der Waals surface area contributed by atoms with E-state index in [2.05, 4.69) is 27.8 Å². The summed E-state index contributed by atoms with van der Waals surface area (Å²) in [5.74, 6) is -1.00. The third-order valence-corrected chi connectivity index (χ3v) is 4.59. The quantitative estimate of drug-likeness (QED) is 0.790. The third kappa shape index (κ3) is 2.50. The fourth-order valence-electron chi connectivity index (χ4n) is 3.49. The van der Waals surface area contributed by atoms with Crippen LogP contribution in [0.15, 0.2) is 54.7 Å². The van der Waals surface area contributed by atoms with Gasteiger partial charge in [0.2, 0.25) is 0 Å². The zero-order valence-corrected chi connectivity index (χ0v) is 13.3. The van der Waals surface area contributed by atoms with E-state index in [1.807, 2.05) is 24.3 Å². The van der Waals surface area contributed by atoms with Gasteiger partial charge in [0.05, 0.1) is 5.69 Å². The Kier molecular flexibility index (Phi) is 3.65. The van der Waals surface area contributed by atoms with Crippen LogP contribution in [0.3, 0.4) is 0 Å². The van der Waals surface area contributed by atoms with Crippen molar-refractivity contribution in [2.45, 2.75) is 25.7 Å². The zero-order chi connectivity index (χ0) is 16.5. The molecule has 0 aliphatic heterocycles. The maximum atomic E-state index is 11.3. The first-order chi connectivity index (χ1) is 11.7. The van der Waals surface area contributed by atoms with Gasteiger partial charge < -0.3 is 9.67 Å². The van der Waals surface area contributed by atoms with Crippen molar-refractivity contribution in [2.75, 3.05) is 0 Å². The Morgan fingerprint density at radius 2 is 1.83 bits per heavy atom. The molecule has 1 aromatic carbocycles. The average molecular weight is 318 g/mol. The van der Waals surface area contributed by atoms with Gasteiger partial charge in [-0.2, -0.15) is 0 Å². The second kappa shape index (κ2) is 5.96. The van der Waals surface area contributed by atoms with Crippen LogP contribution in [0.2, 0.25) is 0 Å². The Balaban J connectivity index is 1.95. The van der Waals surface area contributed by atoms with Gasteiger partial charge in [0, 0.05) is 17.6 Å². The molecule has 2 aromatic heterocycles. The minimum Gasteiger partial charge on any atom is -0.477 e.